The van der Waals surface area contributed by atoms with Crippen molar-refractivity contribution in [3.63, 3.8) is 0 Å². The van der Waals surface area contributed by atoms with Crippen molar-refractivity contribution in [2.24, 2.45) is 0 Å². The van der Waals surface area contributed by atoms with Crippen molar-refractivity contribution in [1.82, 2.24) is 14.9 Å². The number of hydrogen-bond acceptors (Lipinski definition) is 4. The van der Waals surface area contributed by atoms with Crippen LogP contribution in [0.2, 0.25) is 0 Å². The van der Waals surface area contributed by atoms with E-state index in [0.717, 1.165) is 5.56 Å². The van der Waals surface area contributed by atoms with Crippen LogP contribution in [-0.2, 0) is 6.54 Å². The van der Waals surface area contributed by atoms with Gasteiger partial charge in [0.2, 0.25) is 0 Å². The zero-order valence-corrected chi connectivity index (χ0v) is 12.2. The Morgan fingerprint density at radius 3 is 2.64 bits per heavy atom. The molecule has 0 aliphatic rings. The van der Waals surface area contributed by atoms with Gasteiger partial charge in [-0.3, -0.25) is 4.79 Å². The van der Waals surface area contributed by atoms with Crippen molar-refractivity contribution >= 4 is 0 Å². The van der Waals surface area contributed by atoms with Gasteiger partial charge in [-0.1, -0.05) is 23.4 Å². The predicted octanol–water partition coefficient (Wildman–Crippen LogP) is 2.70. The van der Waals surface area contributed by atoms with E-state index in [1.807, 2.05) is 0 Å². The summed E-state index contributed by atoms with van der Waals surface area (Å²) in [6.07, 6.45) is 0. The molecule has 0 bridgehead atoms. The third kappa shape index (κ3) is 2.55. The summed E-state index contributed by atoms with van der Waals surface area (Å²) in [5, 5.41) is 8.19. The Hall–Kier alpha value is -2.76. The van der Waals surface area contributed by atoms with E-state index in [1.54, 1.807) is 38.1 Å². The second-order valence-corrected chi connectivity index (χ2v) is 5.01. The second-order valence-electron chi connectivity index (χ2n) is 5.01. The first-order valence-corrected chi connectivity index (χ1v) is 6.81. The molecule has 0 aliphatic heterocycles. The fourth-order valence-electron chi connectivity index (χ4n) is 2.33. The molecule has 0 amide bonds. The summed E-state index contributed by atoms with van der Waals surface area (Å²) in [5.74, 6) is 0.264. The zero-order valence-electron chi connectivity index (χ0n) is 12.2. The van der Waals surface area contributed by atoms with Crippen molar-refractivity contribution in [3.05, 3.63) is 69.6 Å². The van der Waals surface area contributed by atoms with Crippen molar-refractivity contribution in [1.29, 1.82) is 0 Å². The summed E-state index contributed by atoms with van der Waals surface area (Å²) in [5.41, 5.74) is 2.14. The first-order valence-electron chi connectivity index (χ1n) is 6.81. The predicted molar refractivity (Wildman–Crippen MR) is 79.0 cm³/mol. The molecule has 2 heterocycles. The third-order valence-corrected chi connectivity index (χ3v) is 3.43. The lowest BCUT2D eigenvalue weighted by atomic mass is 10.1. The molecule has 0 atom stereocenters. The average Bonchev–Trinajstić information content (AvgIpc) is 2.83. The van der Waals surface area contributed by atoms with Crippen molar-refractivity contribution in [2.45, 2.75) is 20.4 Å². The maximum Gasteiger partial charge on any atom is 0.267 e. The van der Waals surface area contributed by atoms with E-state index in [-0.39, 0.29) is 17.9 Å². The molecule has 5 nitrogen and oxygen atoms in total. The SMILES string of the molecule is Cc1noc(C)c1-c1ccc(=O)n(Cc2ccccc2F)n1. The van der Waals surface area contributed by atoms with Crippen LogP contribution in [0.15, 0.2) is 45.7 Å². The topological polar surface area (TPSA) is 60.9 Å². The van der Waals surface area contributed by atoms with Gasteiger partial charge in [-0.15, -0.1) is 0 Å². The summed E-state index contributed by atoms with van der Waals surface area (Å²) in [4.78, 5) is 12.0. The number of halogens is 1. The molecule has 3 rings (SSSR count). The van der Waals surface area contributed by atoms with Gasteiger partial charge in [0.25, 0.3) is 5.56 Å². The fraction of sp³-hybridized carbons (Fsp3) is 0.188. The number of aryl methyl sites for hydroxylation is 2. The third-order valence-electron chi connectivity index (χ3n) is 3.43. The molecule has 0 aliphatic carbocycles. The van der Waals surface area contributed by atoms with E-state index in [4.69, 9.17) is 4.52 Å². The maximum absolute atomic E-state index is 13.7. The number of aromatic nitrogens is 3. The van der Waals surface area contributed by atoms with Gasteiger partial charge in [0.05, 0.1) is 23.5 Å². The summed E-state index contributed by atoms with van der Waals surface area (Å²) >= 11 is 0. The van der Waals surface area contributed by atoms with E-state index in [9.17, 15) is 9.18 Å². The molecule has 6 heteroatoms. The molecule has 1 aromatic carbocycles. The number of hydrogen-bond donors (Lipinski definition) is 0. The largest absolute Gasteiger partial charge is 0.361 e. The van der Waals surface area contributed by atoms with E-state index >= 15 is 0 Å². The molecule has 0 unspecified atom stereocenters. The van der Waals surface area contributed by atoms with Gasteiger partial charge in [0.15, 0.2) is 0 Å². The summed E-state index contributed by atoms with van der Waals surface area (Å²) in [6.45, 7) is 3.66. The summed E-state index contributed by atoms with van der Waals surface area (Å²) < 4.78 is 20.1. The minimum absolute atomic E-state index is 0.0721. The molecule has 0 radical (unpaired) electrons. The molecule has 0 saturated carbocycles. The minimum atomic E-state index is -0.362. The summed E-state index contributed by atoms with van der Waals surface area (Å²) in [6, 6.07) is 9.35. The Morgan fingerprint density at radius 2 is 1.95 bits per heavy atom. The first-order chi connectivity index (χ1) is 10.6. The molecule has 0 N–H and O–H groups in total. The van der Waals surface area contributed by atoms with Gasteiger partial charge in [0.1, 0.15) is 11.6 Å². The molecule has 112 valence electrons. The smallest absolute Gasteiger partial charge is 0.267 e. The normalized spacial score (nSPS) is 10.9. The van der Waals surface area contributed by atoms with E-state index < -0.39 is 0 Å². The Bertz CT molecular complexity index is 864. The van der Waals surface area contributed by atoms with Crippen LogP contribution in [0.3, 0.4) is 0 Å². The van der Waals surface area contributed by atoms with Crippen molar-refractivity contribution < 1.29 is 8.91 Å². The maximum atomic E-state index is 13.7. The first kappa shape index (κ1) is 14.2. The Balaban J connectivity index is 2.05. The molecule has 2 aromatic heterocycles. The highest BCUT2D eigenvalue weighted by atomic mass is 19.1. The number of rotatable bonds is 3. The van der Waals surface area contributed by atoms with Crippen molar-refractivity contribution in [3.8, 4) is 11.3 Å². The highest BCUT2D eigenvalue weighted by Crippen LogP contribution is 2.23. The van der Waals surface area contributed by atoms with Crippen LogP contribution in [0.5, 0.6) is 0 Å². The molecule has 0 saturated heterocycles. The van der Waals surface area contributed by atoms with Gasteiger partial charge in [0, 0.05) is 11.6 Å². The Labute approximate surface area is 126 Å². The zero-order chi connectivity index (χ0) is 15.7. The molecule has 0 fully saturated rings. The summed E-state index contributed by atoms with van der Waals surface area (Å²) in [7, 11) is 0. The van der Waals surface area contributed by atoms with Crippen LogP contribution in [0, 0.1) is 19.7 Å². The van der Waals surface area contributed by atoms with Crippen LogP contribution >= 0.6 is 0 Å². The highest BCUT2D eigenvalue weighted by Gasteiger charge is 2.14. The number of benzene rings is 1. The van der Waals surface area contributed by atoms with E-state index in [2.05, 4.69) is 10.3 Å². The van der Waals surface area contributed by atoms with Gasteiger partial charge >= 0.3 is 0 Å². The highest BCUT2D eigenvalue weighted by molar-refractivity contribution is 5.62. The standard InChI is InChI=1S/C16H14FN3O2/c1-10-16(11(2)22-19-10)14-7-8-15(21)20(18-14)9-12-5-3-4-6-13(12)17/h3-8H,9H2,1-2H3. The van der Waals surface area contributed by atoms with Gasteiger partial charge < -0.3 is 4.52 Å². The van der Waals surface area contributed by atoms with E-state index in [1.165, 1.54) is 16.8 Å². The van der Waals surface area contributed by atoms with Crippen LogP contribution < -0.4 is 5.56 Å². The molecule has 3 aromatic rings. The Kier molecular flexibility index (Phi) is 3.58. The van der Waals surface area contributed by atoms with Crippen LogP contribution in [0.25, 0.3) is 11.3 Å². The lowest BCUT2D eigenvalue weighted by Crippen LogP contribution is -2.23. The van der Waals surface area contributed by atoms with Gasteiger partial charge in [-0.2, -0.15) is 5.10 Å². The molecule has 22 heavy (non-hydrogen) atoms. The van der Waals surface area contributed by atoms with Gasteiger partial charge in [-0.25, -0.2) is 9.07 Å². The second kappa shape index (κ2) is 5.55. The molecular formula is C16H14FN3O2. The quantitative estimate of drug-likeness (QED) is 0.746. The van der Waals surface area contributed by atoms with E-state index in [0.29, 0.717) is 22.7 Å². The lowest BCUT2D eigenvalue weighted by molar-refractivity contribution is 0.393. The fourth-order valence-corrected chi connectivity index (χ4v) is 2.33. The molecular weight excluding hydrogens is 285 g/mol. The molecule has 0 spiro atoms. The lowest BCUT2D eigenvalue weighted by Gasteiger charge is -2.07. The monoisotopic (exact) mass is 299 g/mol. The minimum Gasteiger partial charge on any atom is -0.361 e. The number of nitrogens with zero attached hydrogens (tertiary/aromatic N) is 3. The van der Waals surface area contributed by atoms with Crippen LogP contribution in [0.1, 0.15) is 17.0 Å². The Morgan fingerprint density at radius 1 is 1.18 bits per heavy atom. The van der Waals surface area contributed by atoms with Crippen LogP contribution in [0.4, 0.5) is 4.39 Å². The average molecular weight is 299 g/mol. The van der Waals surface area contributed by atoms with Crippen molar-refractivity contribution in [2.75, 3.05) is 0 Å². The van der Waals surface area contributed by atoms with Crippen LogP contribution in [-0.4, -0.2) is 14.9 Å². The van der Waals surface area contributed by atoms with Gasteiger partial charge in [-0.05, 0) is 26.0 Å².